The van der Waals surface area contributed by atoms with Crippen molar-refractivity contribution >= 4 is 17.2 Å². The molecular formula is C22H27N3. The van der Waals surface area contributed by atoms with Crippen LogP contribution >= 0.6 is 0 Å². The topological polar surface area (TPSA) is 36.4 Å². The van der Waals surface area contributed by atoms with E-state index in [1.807, 2.05) is 0 Å². The van der Waals surface area contributed by atoms with E-state index in [0.29, 0.717) is 0 Å². The molecule has 0 radical (unpaired) electrons. The van der Waals surface area contributed by atoms with Crippen LogP contribution in [0.2, 0.25) is 0 Å². The predicted molar refractivity (Wildman–Crippen MR) is 106 cm³/mol. The van der Waals surface area contributed by atoms with Gasteiger partial charge in [0.05, 0.1) is 23.5 Å². The van der Waals surface area contributed by atoms with Gasteiger partial charge in [0.25, 0.3) is 0 Å². The van der Waals surface area contributed by atoms with Crippen LogP contribution in [0, 0.1) is 12.8 Å². The van der Waals surface area contributed by atoms with Gasteiger partial charge in [0.1, 0.15) is 5.84 Å². The van der Waals surface area contributed by atoms with Gasteiger partial charge >= 0.3 is 0 Å². The minimum atomic E-state index is -0.0370. The van der Waals surface area contributed by atoms with Gasteiger partial charge in [-0.05, 0) is 56.2 Å². The number of aliphatic imine (C=N–C) groups is 1. The molecule has 3 nitrogen and oxygen atoms in total. The summed E-state index contributed by atoms with van der Waals surface area (Å²) >= 11 is 0. The van der Waals surface area contributed by atoms with Crippen LogP contribution < -0.4 is 10.6 Å². The summed E-state index contributed by atoms with van der Waals surface area (Å²) in [4.78, 5) is 5.04. The molecule has 0 saturated heterocycles. The molecule has 0 atom stereocenters. The fourth-order valence-corrected chi connectivity index (χ4v) is 4.05. The number of hydrogen-bond donors (Lipinski definition) is 2. The zero-order chi connectivity index (χ0) is 17.3. The number of para-hydroxylation sites is 2. The van der Waals surface area contributed by atoms with Crippen molar-refractivity contribution in [3.05, 3.63) is 59.7 Å². The minimum Gasteiger partial charge on any atom is -0.371 e. The summed E-state index contributed by atoms with van der Waals surface area (Å²) in [5, 5.41) is 7.48. The first-order chi connectivity index (χ1) is 12.1. The molecule has 2 N–H and O–H groups in total. The van der Waals surface area contributed by atoms with E-state index in [0.717, 1.165) is 36.8 Å². The molecule has 0 amide bonds. The maximum Gasteiger partial charge on any atom is 0.127 e. The first-order valence-electron chi connectivity index (χ1n) is 9.39. The summed E-state index contributed by atoms with van der Waals surface area (Å²) in [6, 6.07) is 17.1. The number of benzene rings is 2. The third kappa shape index (κ3) is 3.28. The molecule has 3 heteroatoms. The zero-order valence-corrected chi connectivity index (χ0v) is 15.2. The van der Waals surface area contributed by atoms with Crippen LogP contribution in [0.4, 0.5) is 11.4 Å². The molecule has 0 aromatic heterocycles. The van der Waals surface area contributed by atoms with Crippen molar-refractivity contribution in [3.8, 4) is 0 Å². The van der Waals surface area contributed by atoms with E-state index < -0.39 is 0 Å². The summed E-state index contributed by atoms with van der Waals surface area (Å²) in [6.45, 7) is 5.23. The van der Waals surface area contributed by atoms with Crippen molar-refractivity contribution in [1.82, 2.24) is 0 Å². The predicted octanol–water partition coefficient (Wildman–Crippen LogP) is 5.38. The Kier molecular flexibility index (Phi) is 4.24. The quantitative estimate of drug-likeness (QED) is 0.774. The van der Waals surface area contributed by atoms with Crippen LogP contribution in [-0.2, 0) is 6.54 Å². The summed E-state index contributed by atoms with van der Waals surface area (Å²) in [5.41, 5.74) is 4.86. The number of nitrogens with zero attached hydrogens (tertiary/aromatic N) is 1. The van der Waals surface area contributed by atoms with Gasteiger partial charge in [-0.15, -0.1) is 0 Å². The monoisotopic (exact) mass is 333 g/mol. The van der Waals surface area contributed by atoms with Crippen molar-refractivity contribution in [2.75, 3.05) is 10.6 Å². The van der Waals surface area contributed by atoms with Crippen molar-refractivity contribution in [3.63, 3.8) is 0 Å². The van der Waals surface area contributed by atoms with E-state index in [1.54, 1.807) is 0 Å². The lowest BCUT2D eigenvalue weighted by Crippen LogP contribution is -2.54. The highest BCUT2D eigenvalue weighted by Gasteiger charge is 2.42. The maximum atomic E-state index is 5.04. The number of hydrogen-bond acceptors (Lipinski definition) is 2. The van der Waals surface area contributed by atoms with Gasteiger partial charge in [-0.3, -0.25) is 4.99 Å². The summed E-state index contributed by atoms with van der Waals surface area (Å²) in [6.07, 6.45) is 4.78. The molecule has 1 fully saturated rings. The molecule has 2 aromatic carbocycles. The van der Waals surface area contributed by atoms with E-state index in [-0.39, 0.29) is 5.54 Å². The average molecular weight is 333 g/mol. The Hall–Kier alpha value is -2.29. The number of nitrogens with one attached hydrogen (secondary N) is 2. The Morgan fingerprint density at radius 3 is 2.56 bits per heavy atom. The lowest BCUT2D eigenvalue weighted by molar-refractivity contribution is 0.321. The molecule has 4 rings (SSSR count). The molecular weight excluding hydrogens is 306 g/mol. The minimum absolute atomic E-state index is 0.0370. The van der Waals surface area contributed by atoms with Crippen molar-refractivity contribution in [2.45, 2.75) is 51.6 Å². The molecule has 1 aliphatic carbocycles. The Morgan fingerprint density at radius 1 is 1.04 bits per heavy atom. The van der Waals surface area contributed by atoms with E-state index >= 15 is 0 Å². The fraction of sp³-hybridized carbons (Fsp3) is 0.409. The van der Waals surface area contributed by atoms with Crippen LogP contribution in [0.5, 0.6) is 0 Å². The normalized spacial score (nSPS) is 26.8. The van der Waals surface area contributed by atoms with Crippen LogP contribution in [0.3, 0.4) is 0 Å². The standard InChI is InChI=1S/C22H27N3/c1-16-10-12-22(13-11-16)21(23-15-18-7-5-6-17(2)14-18)24-19-8-3-4-9-20(19)25-22/h3-9,14,16,25H,10-13,15H2,1-2H3,(H,23,24). The van der Waals surface area contributed by atoms with Gasteiger partial charge in [-0.1, -0.05) is 48.9 Å². The van der Waals surface area contributed by atoms with Crippen LogP contribution in [0.25, 0.3) is 0 Å². The molecule has 0 unspecified atom stereocenters. The second-order valence-corrected chi connectivity index (χ2v) is 7.71. The highest BCUT2D eigenvalue weighted by Crippen LogP contribution is 2.41. The molecule has 1 heterocycles. The van der Waals surface area contributed by atoms with Crippen molar-refractivity contribution < 1.29 is 0 Å². The van der Waals surface area contributed by atoms with Gasteiger partial charge in [-0.2, -0.15) is 0 Å². The Balaban J connectivity index is 1.66. The number of aryl methyl sites for hydroxylation is 1. The number of anilines is 2. The molecule has 2 aromatic rings. The molecule has 2 aliphatic rings. The van der Waals surface area contributed by atoms with Crippen LogP contribution in [0.1, 0.15) is 43.7 Å². The summed E-state index contributed by atoms with van der Waals surface area (Å²) in [7, 11) is 0. The van der Waals surface area contributed by atoms with E-state index in [1.165, 1.54) is 29.7 Å². The number of rotatable bonds is 2. The molecule has 1 spiro atoms. The van der Waals surface area contributed by atoms with Crippen molar-refractivity contribution in [1.29, 1.82) is 0 Å². The number of fused-ring (bicyclic) bond motifs is 1. The smallest absolute Gasteiger partial charge is 0.127 e. The second kappa shape index (κ2) is 6.55. The first kappa shape index (κ1) is 16.2. The van der Waals surface area contributed by atoms with Crippen LogP contribution in [-0.4, -0.2) is 11.4 Å². The average Bonchev–Trinajstić information content (AvgIpc) is 2.62. The highest BCUT2D eigenvalue weighted by atomic mass is 15.2. The molecule has 1 aliphatic heterocycles. The van der Waals surface area contributed by atoms with Gasteiger partial charge in [-0.25, -0.2) is 0 Å². The Labute approximate surface area is 150 Å². The zero-order valence-electron chi connectivity index (χ0n) is 15.2. The second-order valence-electron chi connectivity index (χ2n) is 7.71. The van der Waals surface area contributed by atoms with Gasteiger partial charge in [0.2, 0.25) is 0 Å². The maximum absolute atomic E-state index is 5.04. The van der Waals surface area contributed by atoms with Crippen molar-refractivity contribution in [2.24, 2.45) is 10.9 Å². The largest absolute Gasteiger partial charge is 0.371 e. The molecule has 1 saturated carbocycles. The Bertz CT molecular complexity index is 785. The van der Waals surface area contributed by atoms with E-state index in [4.69, 9.17) is 4.99 Å². The molecule has 25 heavy (non-hydrogen) atoms. The van der Waals surface area contributed by atoms with Crippen LogP contribution in [0.15, 0.2) is 53.5 Å². The summed E-state index contributed by atoms with van der Waals surface area (Å²) in [5.74, 6) is 1.92. The number of amidine groups is 1. The van der Waals surface area contributed by atoms with E-state index in [9.17, 15) is 0 Å². The lowest BCUT2D eigenvalue weighted by atomic mass is 9.75. The van der Waals surface area contributed by atoms with Gasteiger partial charge in [0.15, 0.2) is 0 Å². The Morgan fingerprint density at radius 2 is 1.80 bits per heavy atom. The molecule has 130 valence electrons. The first-order valence-corrected chi connectivity index (χ1v) is 9.39. The van der Waals surface area contributed by atoms with Gasteiger partial charge in [0, 0.05) is 0 Å². The lowest BCUT2D eigenvalue weighted by Gasteiger charge is -2.45. The highest BCUT2D eigenvalue weighted by molar-refractivity contribution is 6.09. The summed E-state index contributed by atoms with van der Waals surface area (Å²) < 4.78 is 0. The third-order valence-corrected chi connectivity index (χ3v) is 5.64. The SMILES string of the molecule is Cc1cccc(CN=C2Nc3ccccc3NC23CCC(C)CC3)c1. The van der Waals surface area contributed by atoms with E-state index in [2.05, 4.69) is 73.0 Å². The van der Waals surface area contributed by atoms with Gasteiger partial charge < -0.3 is 10.6 Å². The third-order valence-electron chi connectivity index (χ3n) is 5.64. The molecule has 0 bridgehead atoms. The fourth-order valence-electron chi connectivity index (χ4n) is 4.05.